The van der Waals surface area contributed by atoms with Gasteiger partial charge in [-0.05, 0) is 26.0 Å². The molecule has 1 heterocycles. The van der Waals surface area contributed by atoms with Crippen molar-refractivity contribution in [3.05, 3.63) is 72.4 Å². The van der Waals surface area contributed by atoms with Crippen LogP contribution >= 0.6 is 0 Å². The summed E-state index contributed by atoms with van der Waals surface area (Å²) in [7, 11) is 0. The molecule has 0 aliphatic heterocycles. The predicted molar refractivity (Wildman–Crippen MR) is 113 cm³/mol. The van der Waals surface area contributed by atoms with E-state index in [4.69, 9.17) is 14.6 Å². The summed E-state index contributed by atoms with van der Waals surface area (Å²) in [5, 5.41) is 7.72. The van der Waals surface area contributed by atoms with E-state index < -0.39 is 6.10 Å². The van der Waals surface area contributed by atoms with E-state index in [1.54, 1.807) is 6.92 Å². The molecule has 6 heteroatoms. The molecule has 0 aliphatic rings. The van der Waals surface area contributed by atoms with Gasteiger partial charge in [0.2, 0.25) is 5.91 Å². The topological polar surface area (TPSA) is 65.4 Å². The quantitative estimate of drug-likeness (QED) is 0.535. The lowest BCUT2D eigenvalue weighted by Crippen LogP contribution is -2.34. The van der Waals surface area contributed by atoms with Crippen LogP contribution in [0.2, 0.25) is 0 Å². The molecule has 0 aliphatic carbocycles. The summed E-state index contributed by atoms with van der Waals surface area (Å²) < 4.78 is 12.6. The third kappa shape index (κ3) is 5.76. The maximum atomic E-state index is 12.4. The third-order valence-electron chi connectivity index (χ3n) is 4.48. The van der Waals surface area contributed by atoms with E-state index in [1.165, 1.54) is 0 Å². The number of hydrogen-bond donors (Lipinski definition) is 1. The molecule has 1 aromatic heterocycles. The first-order chi connectivity index (χ1) is 14.2. The van der Waals surface area contributed by atoms with E-state index >= 15 is 0 Å². The van der Waals surface area contributed by atoms with Gasteiger partial charge in [0.1, 0.15) is 6.10 Å². The Labute approximate surface area is 171 Å². The number of amides is 1. The lowest BCUT2D eigenvalue weighted by molar-refractivity contribution is -0.132. The Morgan fingerprint density at radius 2 is 1.76 bits per heavy atom. The molecular formula is C23H27N3O3. The Morgan fingerprint density at radius 1 is 1.07 bits per heavy atom. The second-order valence-corrected chi connectivity index (χ2v) is 6.58. The van der Waals surface area contributed by atoms with Gasteiger partial charge in [-0.15, -0.1) is 0 Å². The van der Waals surface area contributed by atoms with Gasteiger partial charge in [0.05, 0.1) is 24.6 Å². The number of nitrogens with zero attached hydrogens (tertiary/aromatic N) is 2. The second-order valence-electron chi connectivity index (χ2n) is 6.58. The molecule has 0 spiro atoms. The van der Waals surface area contributed by atoms with E-state index in [0.717, 1.165) is 22.5 Å². The molecule has 0 bridgehead atoms. The number of hydrogen-bond acceptors (Lipinski definition) is 4. The van der Waals surface area contributed by atoms with Crippen LogP contribution in [0.15, 0.2) is 66.9 Å². The fraction of sp³-hybridized carbons (Fsp3) is 0.304. The molecule has 1 amide bonds. The highest BCUT2D eigenvalue weighted by molar-refractivity contribution is 5.80. The van der Waals surface area contributed by atoms with Gasteiger partial charge in [-0.1, -0.05) is 48.5 Å². The lowest BCUT2D eigenvalue weighted by atomic mass is 10.1. The Bertz CT molecular complexity index is 894. The monoisotopic (exact) mass is 393 g/mol. The average Bonchev–Trinajstić information content (AvgIpc) is 3.20. The molecule has 0 fully saturated rings. The first-order valence-electron chi connectivity index (χ1n) is 9.85. The fourth-order valence-electron chi connectivity index (χ4n) is 2.92. The average molecular weight is 393 g/mol. The first-order valence-corrected chi connectivity index (χ1v) is 9.85. The van der Waals surface area contributed by atoms with Crippen LogP contribution in [0.4, 0.5) is 0 Å². The van der Waals surface area contributed by atoms with Gasteiger partial charge < -0.3 is 14.8 Å². The van der Waals surface area contributed by atoms with E-state index in [1.807, 2.05) is 78.5 Å². The Balaban J connectivity index is 1.72. The van der Waals surface area contributed by atoms with Crippen molar-refractivity contribution in [3.63, 3.8) is 0 Å². The van der Waals surface area contributed by atoms with Crippen LogP contribution in [0.3, 0.4) is 0 Å². The molecule has 1 N–H and O–H groups in total. The van der Waals surface area contributed by atoms with Crippen molar-refractivity contribution in [2.45, 2.75) is 26.5 Å². The van der Waals surface area contributed by atoms with Crippen LogP contribution in [-0.2, 0) is 20.8 Å². The van der Waals surface area contributed by atoms with Crippen molar-refractivity contribution in [1.29, 1.82) is 0 Å². The molecule has 0 saturated carbocycles. The largest absolute Gasteiger partial charge is 0.379 e. The molecule has 0 saturated heterocycles. The number of carbonyl (C=O) groups is 1. The van der Waals surface area contributed by atoms with Gasteiger partial charge in [0, 0.05) is 30.5 Å². The zero-order valence-corrected chi connectivity index (χ0v) is 16.9. The van der Waals surface area contributed by atoms with Crippen LogP contribution in [-0.4, -0.2) is 41.6 Å². The summed E-state index contributed by atoms with van der Waals surface area (Å²) in [5.74, 6) is -0.159. The molecule has 0 radical (unpaired) electrons. The van der Waals surface area contributed by atoms with Gasteiger partial charge in [0.25, 0.3) is 0 Å². The maximum absolute atomic E-state index is 12.4. The number of rotatable bonds is 10. The van der Waals surface area contributed by atoms with E-state index in [0.29, 0.717) is 26.4 Å². The molecule has 3 rings (SSSR count). The number of ether oxygens (including phenoxy) is 2. The summed E-state index contributed by atoms with van der Waals surface area (Å²) in [6.45, 7) is 5.55. The normalized spacial score (nSPS) is 11.9. The maximum Gasteiger partial charge on any atom is 0.249 e. The van der Waals surface area contributed by atoms with Crippen molar-refractivity contribution in [3.8, 4) is 16.9 Å². The Hall–Kier alpha value is -2.96. The molecule has 3 aromatic rings. The zero-order valence-electron chi connectivity index (χ0n) is 16.9. The summed E-state index contributed by atoms with van der Waals surface area (Å²) >= 11 is 0. The summed E-state index contributed by atoms with van der Waals surface area (Å²) in [6, 6.07) is 19.9. The van der Waals surface area contributed by atoms with Crippen molar-refractivity contribution in [1.82, 2.24) is 15.1 Å². The van der Waals surface area contributed by atoms with Crippen LogP contribution in [0, 0.1) is 0 Å². The predicted octanol–water partition coefficient (Wildman–Crippen LogP) is 3.60. The molecule has 2 aromatic carbocycles. The summed E-state index contributed by atoms with van der Waals surface area (Å²) in [4.78, 5) is 12.4. The van der Waals surface area contributed by atoms with Crippen molar-refractivity contribution < 1.29 is 14.3 Å². The fourth-order valence-corrected chi connectivity index (χ4v) is 2.92. The molecule has 6 nitrogen and oxygen atoms in total. The van der Waals surface area contributed by atoms with Crippen molar-refractivity contribution in [2.24, 2.45) is 0 Å². The highest BCUT2D eigenvalue weighted by Gasteiger charge is 2.16. The standard InChI is InChI=1S/C23H27N3O3/c1-3-28-14-15-29-18(2)23(27)24-16-20-17-26(21-12-8-5-9-13-21)25-22(20)19-10-6-4-7-11-19/h4-13,17-18H,3,14-16H2,1-2H3,(H,24,27). The zero-order chi connectivity index (χ0) is 20.5. The minimum atomic E-state index is -0.542. The molecular weight excluding hydrogens is 366 g/mol. The minimum absolute atomic E-state index is 0.159. The number of aromatic nitrogens is 2. The Kier molecular flexibility index (Phi) is 7.55. The van der Waals surface area contributed by atoms with Gasteiger partial charge in [0.15, 0.2) is 0 Å². The summed E-state index contributed by atoms with van der Waals surface area (Å²) in [5.41, 5.74) is 3.76. The number of benzene rings is 2. The van der Waals surface area contributed by atoms with Crippen LogP contribution < -0.4 is 5.32 Å². The number of carbonyl (C=O) groups excluding carboxylic acids is 1. The van der Waals surface area contributed by atoms with Crippen LogP contribution in [0.1, 0.15) is 19.4 Å². The van der Waals surface area contributed by atoms with Gasteiger partial charge >= 0.3 is 0 Å². The highest BCUT2D eigenvalue weighted by atomic mass is 16.5. The Morgan fingerprint density at radius 3 is 2.45 bits per heavy atom. The third-order valence-corrected chi connectivity index (χ3v) is 4.48. The molecule has 152 valence electrons. The molecule has 1 unspecified atom stereocenters. The van der Waals surface area contributed by atoms with Crippen molar-refractivity contribution in [2.75, 3.05) is 19.8 Å². The molecule has 1 atom stereocenters. The van der Waals surface area contributed by atoms with E-state index in [2.05, 4.69) is 5.32 Å². The van der Waals surface area contributed by atoms with Gasteiger partial charge in [-0.3, -0.25) is 4.79 Å². The molecule has 29 heavy (non-hydrogen) atoms. The minimum Gasteiger partial charge on any atom is -0.379 e. The van der Waals surface area contributed by atoms with E-state index in [9.17, 15) is 4.79 Å². The second kappa shape index (κ2) is 10.5. The number of nitrogens with one attached hydrogen (secondary N) is 1. The highest BCUT2D eigenvalue weighted by Crippen LogP contribution is 2.23. The van der Waals surface area contributed by atoms with Gasteiger partial charge in [-0.25, -0.2) is 4.68 Å². The van der Waals surface area contributed by atoms with Crippen molar-refractivity contribution >= 4 is 5.91 Å². The van der Waals surface area contributed by atoms with E-state index in [-0.39, 0.29) is 5.91 Å². The van der Waals surface area contributed by atoms with Crippen LogP contribution in [0.25, 0.3) is 16.9 Å². The van der Waals surface area contributed by atoms with Crippen LogP contribution in [0.5, 0.6) is 0 Å². The smallest absolute Gasteiger partial charge is 0.249 e. The van der Waals surface area contributed by atoms with Gasteiger partial charge in [-0.2, -0.15) is 5.10 Å². The SMILES string of the molecule is CCOCCOC(C)C(=O)NCc1cn(-c2ccccc2)nc1-c1ccccc1. The first kappa shape index (κ1) is 20.8. The lowest BCUT2D eigenvalue weighted by Gasteiger charge is -2.13. The summed E-state index contributed by atoms with van der Waals surface area (Å²) in [6.07, 6.45) is 1.42. The number of para-hydroxylation sites is 1.